The first-order valence-electron chi connectivity index (χ1n) is 8.63. The summed E-state index contributed by atoms with van der Waals surface area (Å²) in [5, 5.41) is 7.21. The third-order valence-electron chi connectivity index (χ3n) is 4.02. The number of guanidine groups is 1. The smallest absolute Gasteiger partial charge is 0.190 e. The van der Waals surface area contributed by atoms with E-state index < -0.39 is 0 Å². The Hall–Kier alpha value is -0.640. The average molecular weight is 482 g/mol. The molecule has 0 unspecified atom stereocenters. The van der Waals surface area contributed by atoms with Gasteiger partial charge in [-0.2, -0.15) is 0 Å². The molecule has 0 aromatic carbocycles. The third kappa shape index (κ3) is 9.58. The van der Waals surface area contributed by atoms with Crippen molar-refractivity contribution in [1.82, 2.24) is 20.5 Å². The zero-order valence-corrected chi connectivity index (χ0v) is 17.9. The highest BCUT2D eigenvalue weighted by atomic mass is 127. The lowest BCUT2D eigenvalue weighted by Crippen LogP contribution is -2.39. The van der Waals surface area contributed by atoms with E-state index in [2.05, 4.69) is 25.5 Å². The second-order valence-corrected chi connectivity index (χ2v) is 6.21. The van der Waals surface area contributed by atoms with Gasteiger partial charge in [0.1, 0.15) is 5.15 Å². The first-order valence-corrected chi connectivity index (χ1v) is 9.01. The molecule has 142 valence electrons. The summed E-state index contributed by atoms with van der Waals surface area (Å²) >= 11 is 5.79. The lowest BCUT2D eigenvalue weighted by molar-refractivity contribution is 0.0372. The molecule has 1 aliphatic rings. The van der Waals surface area contributed by atoms with Gasteiger partial charge in [-0.05, 0) is 37.4 Å². The van der Waals surface area contributed by atoms with Crippen LogP contribution in [0.5, 0.6) is 0 Å². The van der Waals surface area contributed by atoms with Crippen molar-refractivity contribution >= 4 is 41.5 Å². The Labute approximate surface area is 172 Å². The quantitative estimate of drug-likeness (QED) is 0.196. The molecule has 1 saturated heterocycles. The zero-order valence-electron chi connectivity index (χ0n) is 14.8. The number of morpholine rings is 1. The van der Waals surface area contributed by atoms with Gasteiger partial charge in [-0.15, -0.1) is 24.0 Å². The molecule has 2 heterocycles. The predicted octanol–water partition coefficient (Wildman–Crippen LogP) is 2.17. The van der Waals surface area contributed by atoms with Gasteiger partial charge in [0.05, 0.1) is 13.2 Å². The summed E-state index contributed by atoms with van der Waals surface area (Å²) in [7, 11) is 1.80. The number of aliphatic imine (C=N–C) groups is 1. The lowest BCUT2D eigenvalue weighted by Gasteiger charge is -2.26. The number of unbranched alkanes of at least 4 members (excludes halogenated alkanes) is 1. The van der Waals surface area contributed by atoms with Crippen molar-refractivity contribution in [3.63, 3.8) is 0 Å². The molecule has 6 nitrogen and oxygen atoms in total. The third-order valence-corrected chi connectivity index (χ3v) is 4.24. The second-order valence-electron chi connectivity index (χ2n) is 5.83. The number of hydrogen-bond acceptors (Lipinski definition) is 4. The summed E-state index contributed by atoms with van der Waals surface area (Å²) in [4.78, 5) is 10.8. The molecule has 25 heavy (non-hydrogen) atoms. The van der Waals surface area contributed by atoms with E-state index in [1.165, 1.54) is 6.42 Å². The van der Waals surface area contributed by atoms with Crippen molar-refractivity contribution in [2.45, 2.75) is 19.3 Å². The summed E-state index contributed by atoms with van der Waals surface area (Å²) in [5.74, 6) is 0.850. The Kier molecular flexibility index (Phi) is 12.1. The molecule has 0 radical (unpaired) electrons. The predicted molar refractivity (Wildman–Crippen MR) is 114 cm³/mol. The monoisotopic (exact) mass is 481 g/mol. The van der Waals surface area contributed by atoms with Gasteiger partial charge in [0.25, 0.3) is 0 Å². The number of aromatic nitrogens is 1. The van der Waals surface area contributed by atoms with Gasteiger partial charge < -0.3 is 15.4 Å². The second kappa shape index (κ2) is 13.5. The van der Waals surface area contributed by atoms with E-state index in [1.807, 2.05) is 18.3 Å². The highest BCUT2D eigenvalue weighted by molar-refractivity contribution is 14.0. The van der Waals surface area contributed by atoms with Crippen LogP contribution in [0.15, 0.2) is 23.3 Å². The van der Waals surface area contributed by atoms with Crippen LogP contribution >= 0.6 is 35.6 Å². The molecule has 0 spiro atoms. The van der Waals surface area contributed by atoms with Crippen molar-refractivity contribution < 1.29 is 4.74 Å². The number of halogens is 2. The van der Waals surface area contributed by atoms with Gasteiger partial charge in [0, 0.05) is 39.4 Å². The Balaban J connectivity index is 0.00000312. The molecular weight excluding hydrogens is 453 g/mol. The van der Waals surface area contributed by atoms with Crippen molar-refractivity contribution in [2.75, 3.05) is 53.0 Å². The molecule has 1 aromatic rings. The summed E-state index contributed by atoms with van der Waals surface area (Å²) in [6, 6.07) is 3.82. The Bertz CT molecular complexity index is 494. The summed E-state index contributed by atoms with van der Waals surface area (Å²) in [6.07, 6.45) is 5.04. The topological polar surface area (TPSA) is 61.8 Å². The van der Waals surface area contributed by atoms with Gasteiger partial charge in [0.15, 0.2) is 5.96 Å². The fourth-order valence-corrected chi connectivity index (χ4v) is 2.70. The maximum absolute atomic E-state index is 5.79. The van der Waals surface area contributed by atoms with Crippen molar-refractivity contribution in [2.24, 2.45) is 4.99 Å². The number of nitrogens with one attached hydrogen (secondary N) is 2. The summed E-state index contributed by atoms with van der Waals surface area (Å²) in [6.45, 7) is 6.78. The molecular formula is C17H29ClIN5O. The van der Waals surface area contributed by atoms with Crippen molar-refractivity contribution in [3.8, 4) is 0 Å². The Morgan fingerprint density at radius 1 is 1.24 bits per heavy atom. The zero-order chi connectivity index (χ0) is 17.0. The number of ether oxygens (including phenoxy) is 1. The van der Waals surface area contributed by atoms with Gasteiger partial charge in [-0.3, -0.25) is 9.89 Å². The highest BCUT2D eigenvalue weighted by Gasteiger charge is 2.09. The van der Waals surface area contributed by atoms with Crippen LogP contribution in [0.2, 0.25) is 5.15 Å². The van der Waals surface area contributed by atoms with Crippen LogP contribution < -0.4 is 10.6 Å². The number of rotatable bonds is 8. The fourth-order valence-electron chi connectivity index (χ4n) is 2.59. The van der Waals surface area contributed by atoms with Crippen LogP contribution in [0.4, 0.5) is 0 Å². The standard InChI is InChI=1S/C17H28ClN5O.HI/c1-19-17(21-8-6-15-4-5-16(18)22-14-15)20-7-2-3-9-23-10-12-24-13-11-23;/h4-5,14H,2-3,6-13H2,1H3,(H2,19,20,21);1H. The maximum Gasteiger partial charge on any atom is 0.190 e. The normalized spacial score (nSPS) is 15.5. The van der Waals surface area contributed by atoms with Crippen LogP contribution in [-0.2, 0) is 11.2 Å². The Morgan fingerprint density at radius 3 is 2.68 bits per heavy atom. The molecule has 1 aliphatic heterocycles. The van der Waals surface area contributed by atoms with Crippen LogP contribution in [0.3, 0.4) is 0 Å². The molecule has 1 aromatic heterocycles. The summed E-state index contributed by atoms with van der Waals surface area (Å²) in [5.41, 5.74) is 1.16. The lowest BCUT2D eigenvalue weighted by atomic mass is 10.2. The van der Waals surface area contributed by atoms with Crippen molar-refractivity contribution in [1.29, 1.82) is 0 Å². The summed E-state index contributed by atoms with van der Waals surface area (Å²) < 4.78 is 5.36. The molecule has 0 atom stereocenters. The first kappa shape index (κ1) is 22.4. The molecule has 0 aliphatic carbocycles. The van der Waals surface area contributed by atoms with Crippen LogP contribution in [0, 0.1) is 0 Å². The van der Waals surface area contributed by atoms with Crippen LogP contribution in [0.25, 0.3) is 0 Å². The highest BCUT2D eigenvalue weighted by Crippen LogP contribution is 2.05. The van der Waals surface area contributed by atoms with Gasteiger partial charge in [0.2, 0.25) is 0 Å². The minimum Gasteiger partial charge on any atom is -0.379 e. The van der Waals surface area contributed by atoms with Gasteiger partial charge >= 0.3 is 0 Å². The van der Waals surface area contributed by atoms with E-state index in [-0.39, 0.29) is 24.0 Å². The average Bonchev–Trinajstić information content (AvgIpc) is 2.62. The fraction of sp³-hybridized carbons (Fsp3) is 0.647. The molecule has 2 N–H and O–H groups in total. The molecule has 0 amide bonds. The van der Waals surface area contributed by atoms with Gasteiger partial charge in [-0.25, -0.2) is 4.98 Å². The molecule has 8 heteroatoms. The molecule has 2 rings (SSSR count). The number of pyridine rings is 1. The molecule has 1 fully saturated rings. The van der Waals surface area contributed by atoms with E-state index in [4.69, 9.17) is 16.3 Å². The van der Waals surface area contributed by atoms with E-state index in [0.29, 0.717) is 5.15 Å². The SMILES string of the molecule is CN=C(NCCCCN1CCOCC1)NCCc1ccc(Cl)nc1.I. The van der Waals surface area contributed by atoms with Crippen molar-refractivity contribution in [3.05, 3.63) is 29.0 Å². The first-order chi connectivity index (χ1) is 11.8. The van der Waals surface area contributed by atoms with Crippen LogP contribution in [0.1, 0.15) is 18.4 Å². The van der Waals surface area contributed by atoms with E-state index in [9.17, 15) is 0 Å². The molecule has 0 saturated carbocycles. The van der Waals surface area contributed by atoms with E-state index in [0.717, 1.165) is 70.3 Å². The van der Waals surface area contributed by atoms with Gasteiger partial charge in [-0.1, -0.05) is 17.7 Å². The maximum atomic E-state index is 5.79. The Morgan fingerprint density at radius 2 is 2.00 bits per heavy atom. The number of hydrogen-bond donors (Lipinski definition) is 2. The van der Waals surface area contributed by atoms with Crippen LogP contribution in [-0.4, -0.2) is 68.8 Å². The number of nitrogens with zero attached hydrogens (tertiary/aromatic N) is 3. The minimum absolute atomic E-state index is 0. The van der Waals surface area contributed by atoms with E-state index in [1.54, 1.807) is 7.05 Å². The largest absolute Gasteiger partial charge is 0.379 e. The minimum atomic E-state index is 0. The van der Waals surface area contributed by atoms with E-state index >= 15 is 0 Å². The molecule has 0 bridgehead atoms.